The Morgan fingerprint density at radius 3 is 2.57 bits per heavy atom. The summed E-state index contributed by atoms with van der Waals surface area (Å²) in [6, 6.07) is 7.98. The second-order valence-corrected chi connectivity index (χ2v) is 5.12. The van der Waals surface area contributed by atoms with Crippen molar-refractivity contribution in [2.24, 2.45) is 10.9 Å². The van der Waals surface area contributed by atoms with Gasteiger partial charge in [0.05, 0.1) is 13.7 Å². The fourth-order valence-corrected chi connectivity index (χ4v) is 1.82. The molecule has 0 aromatic heterocycles. The number of aliphatic imine (C=N–C) groups is 1. The van der Waals surface area contributed by atoms with E-state index in [0.29, 0.717) is 12.5 Å². The van der Waals surface area contributed by atoms with Gasteiger partial charge in [-0.2, -0.15) is 0 Å². The van der Waals surface area contributed by atoms with Crippen LogP contribution in [0.5, 0.6) is 5.75 Å². The van der Waals surface area contributed by atoms with Crippen LogP contribution in [0.2, 0.25) is 0 Å². The van der Waals surface area contributed by atoms with E-state index in [4.69, 9.17) is 4.74 Å². The van der Waals surface area contributed by atoms with Gasteiger partial charge in [-0.3, -0.25) is 0 Å². The molecular formula is C16H28IN3O. The van der Waals surface area contributed by atoms with Crippen molar-refractivity contribution in [2.75, 3.05) is 20.2 Å². The Labute approximate surface area is 145 Å². The number of halogens is 1. The predicted molar refractivity (Wildman–Crippen MR) is 101 cm³/mol. The highest BCUT2D eigenvalue weighted by Gasteiger charge is 2.02. The molecule has 21 heavy (non-hydrogen) atoms. The van der Waals surface area contributed by atoms with Gasteiger partial charge < -0.3 is 15.4 Å². The van der Waals surface area contributed by atoms with Gasteiger partial charge in [-0.1, -0.05) is 32.0 Å². The zero-order chi connectivity index (χ0) is 14.8. The Hall–Kier alpha value is -0.980. The average molecular weight is 405 g/mol. The minimum atomic E-state index is 0. The molecule has 2 N–H and O–H groups in total. The lowest BCUT2D eigenvalue weighted by Gasteiger charge is -2.13. The molecule has 1 aromatic carbocycles. The maximum absolute atomic E-state index is 5.34. The van der Waals surface area contributed by atoms with Gasteiger partial charge >= 0.3 is 0 Å². The van der Waals surface area contributed by atoms with Crippen LogP contribution in [0.1, 0.15) is 32.8 Å². The van der Waals surface area contributed by atoms with Crippen molar-refractivity contribution in [3.8, 4) is 5.75 Å². The monoisotopic (exact) mass is 405 g/mol. The molecule has 0 bridgehead atoms. The smallest absolute Gasteiger partial charge is 0.191 e. The van der Waals surface area contributed by atoms with Crippen LogP contribution >= 0.6 is 24.0 Å². The van der Waals surface area contributed by atoms with Crippen LogP contribution in [0, 0.1) is 5.92 Å². The first-order chi connectivity index (χ1) is 9.67. The van der Waals surface area contributed by atoms with E-state index in [2.05, 4.69) is 36.4 Å². The number of nitrogens with zero attached hydrogens (tertiary/aromatic N) is 1. The molecule has 0 aliphatic carbocycles. The number of hydrogen-bond donors (Lipinski definition) is 2. The summed E-state index contributed by atoms with van der Waals surface area (Å²) in [5, 5.41) is 6.62. The van der Waals surface area contributed by atoms with E-state index < -0.39 is 0 Å². The summed E-state index contributed by atoms with van der Waals surface area (Å²) in [7, 11) is 1.69. The number of para-hydroxylation sites is 1. The molecule has 5 heteroatoms. The Bertz CT molecular complexity index is 422. The van der Waals surface area contributed by atoms with Gasteiger partial charge in [-0.05, 0) is 25.3 Å². The second kappa shape index (κ2) is 11.7. The zero-order valence-electron chi connectivity index (χ0n) is 13.5. The highest BCUT2D eigenvalue weighted by atomic mass is 127. The summed E-state index contributed by atoms with van der Waals surface area (Å²) in [6.07, 6.45) is 1.14. The second-order valence-electron chi connectivity index (χ2n) is 5.12. The number of methoxy groups -OCH3 is 1. The van der Waals surface area contributed by atoms with Crippen molar-refractivity contribution < 1.29 is 4.74 Å². The van der Waals surface area contributed by atoms with E-state index in [1.54, 1.807) is 7.11 Å². The maximum Gasteiger partial charge on any atom is 0.191 e. The number of hydrogen-bond acceptors (Lipinski definition) is 2. The molecule has 0 atom stereocenters. The molecule has 0 spiro atoms. The lowest BCUT2D eigenvalue weighted by molar-refractivity contribution is 0.410. The van der Waals surface area contributed by atoms with Crippen molar-refractivity contribution >= 4 is 29.9 Å². The number of rotatable bonds is 7. The molecule has 0 saturated heterocycles. The van der Waals surface area contributed by atoms with Crippen LogP contribution in [0.3, 0.4) is 0 Å². The average Bonchev–Trinajstić information content (AvgIpc) is 2.44. The molecule has 4 nitrogen and oxygen atoms in total. The summed E-state index contributed by atoms with van der Waals surface area (Å²) >= 11 is 0. The van der Waals surface area contributed by atoms with Gasteiger partial charge in [-0.15, -0.1) is 24.0 Å². The quantitative estimate of drug-likeness (QED) is 0.415. The Balaban J connectivity index is 0.00000400. The third-order valence-corrected chi connectivity index (χ3v) is 2.96. The SMILES string of the molecule is CCNC(=NCc1ccccc1OC)NCCC(C)C.I. The number of guanidine groups is 1. The largest absolute Gasteiger partial charge is 0.496 e. The molecule has 0 saturated carbocycles. The van der Waals surface area contributed by atoms with E-state index in [9.17, 15) is 0 Å². The van der Waals surface area contributed by atoms with Crippen LogP contribution < -0.4 is 15.4 Å². The van der Waals surface area contributed by atoms with Gasteiger partial charge in [0, 0.05) is 18.7 Å². The topological polar surface area (TPSA) is 45.7 Å². The zero-order valence-corrected chi connectivity index (χ0v) is 15.8. The van der Waals surface area contributed by atoms with Gasteiger partial charge in [0.1, 0.15) is 5.75 Å². The molecule has 0 aliphatic rings. The first kappa shape index (κ1) is 20.0. The molecule has 0 radical (unpaired) electrons. The Morgan fingerprint density at radius 1 is 1.24 bits per heavy atom. The standard InChI is InChI=1S/C16H27N3O.HI/c1-5-17-16(18-11-10-13(2)3)19-12-14-8-6-7-9-15(14)20-4;/h6-9,13H,5,10-12H2,1-4H3,(H2,17,18,19);1H. The third-order valence-electron chi connectivity index (χ3n) is 2.96. The summed E-state index contributed by atoms with van der Waals surface area (Å²) in [6.45, 7) is 8.93. The lowest BCUT2D eigenvalue weighted by atomic mass is 10.1. The van der Waals surface area contributed by atoms with Crippen LogP contribution in [-0.4, -0.2) is 26.2 Å². The molecule has 0 heterocycles. The van der Waals surface area contributed by atoms with Crippen molar-refractivity contribution in [1.29, 1.82) is 0 Å². The van der Waals surface area contributed by atoms with Crippen molar-refractivity contribution in [3.63, 3.8) is 0 Å². The summed E-state index contributed by atoms with van der Waals surface area (Å²) in [5.74, 6) is 2.44. The highest BCUT2D eigenvalue weighted by Crippen LogP contribution is 2.17. The Kier molecular flexibility index (Phi) is 11.1. The minimum absolute atomic E-state index is 0. The minimum Gasteiger partial charge on any atom is -0.496 e. The van der Waals surface area contributed by atoms with Crippen LogP contribution in [-0.2, 0) is 6.54 Å². The first-order valence-corrected chi connectivity index (χ1v) is 7.31. The number of nitrogens with one attached hydrogen (secondary N) is 2. The van der Waals surface area contributed by atoms with Crippen molar-refractivity contribution in [1.82, 2.24) is 10.6 Å². The summed E-state index contributed by atoms with van der Waals surface area (Å²) in [4.78, 5) is 4.60. The van der Waals surface area contributed by atoms with Gasteiger partial charge in [-0.25, -0.2) is 4.99 Å². The number of benzene rings is 1. The summed E-state index contributed by atoms with van der Waals surface area (Å²) < 4.78 is 5.34. The van der Waals surface area contributed by atoms with E-state index in [0.717, 1.165) is 36.8 Å². The molecule has 1 rings (SSSR count). The van der Waals surface area contributed by atoms with E-state index >= 15 is 0 Å². The molecule has 0 fully saturated rings. The fraction of sp³-hybridized carbons (Fsp3) is 0.562. The number of ether oxygens (including phenoxy) is 1. The molecule has 120 valence electrons. The molecular weight excluding hydrogens is 377 g/mol. The van der Waals surface area contributed by atoms with Gasteiger partial charge in [0.15, 0.2) is 5.96 Å². The summed E-state index contributed by atoms with van der Waals surface area (Å²) in [5.41, 5.74) is 1.09. The predicted octanol–water partition coefficient (Wildman–Crippen LogP) is 3.41. The van der Waals surface area contributed by atoms with E-state index in [-0.39, 0.29) is 24.0 Å². The van der Waals surface area contributed by atoms with Crippen molar-refractivity contribution in [3.05, 3.63) is 29.8 Å². The van der Waals surface area contributed by atoms with E-state index in [1.807, 2.05) is 24.3 Å². The molecule has 0 amide bonds. The molecule has 0 unspecified atom stereocenters. The lowest BCUT2D eigenvalue weighted by Crippen LogP contribution is -2.38. The van der Waals surface area contributed by atoms with Crippen LogP contribution in [0.4, 0.5) is 0 Å². The molecule has 1 aromatic rings. The third kappa shape index (κ3) is 8.14. The maximum atomic E-state index is 5.34. The fourth-order valence-electron chi connectivity index (χ4n) is 1.82. The normalized spacial score (nSPS) is 11.0. The molecule has 0 aliphatic heterocycles. The van der Waals surface area contributed by atoms with E-state index in [1.165, 1.54) is 0 Å². The van der Waals surface area contributed by atoms with Gasteiger partial charge in [0.25, 0.3) is 0 Å². The van der Waals surface area contributed by atoms with Crippen LogP contribution in [0.15, 0.2) is 29.3 Å². The van der Waals surface area contributed by atoms with Gasteiger partial charge in [0.2, 0.25) is 0 Å². The Morgan fingerprint density at radius 2 is 1.95 bits per heavy atom. The van der Waals surface area contributed by atoms with Crippen molar-refractivity contribution in [2.45, 2.75) is 33.7 Å². The highest BCUT2D eigenvalue weighted by molar-refractivity contribution is 14.0. The van der Waals surface area contributed by atoms with Crippen LogP contribution in [0.25, 0.3) is 0 Å². The first-order valence-electron chi connectivity index (χ1n) is 7.31.